The van der Waals surface area contributed by atoms with Crippen LogP contribution in [0.5, 0.6) is 0 Å². The number of primary amides is 1. The summed E-state index contributed by atoms with van der Waals surface area (Å²) >= 11 is 0. The summed E-state index contributed by atoms with van der Waals surface area (Å²) in [6.07, 6.45) is 0.991. The highest BCUT2D eigenvalue weighted by Gasteiger charge is 2.34. The quantitative estimate of drug-likeness (QED) is 0.442. The van der Waals surface area contributed by atoms with E-state index in [2.05, 4.69) is 5.10 Å². The fourth-order valence-electron chi connectivity index (χ4n) is 4.29. The van der Waals surface area contributed by atoms with Gasteiger partial charge in [0.2, 0.25) is 11.8 Å². The van der Waals surface area contributed by atoms with Gasteiger partial charge in [-0.2, -0.15) is 5.10 Å². The number of rotatable bonds is 7. The molecule has 0 bridgehead atoms. The Morgan fingerprint density at radius 2 is 1.84 bits per heavy atom. The molecule has 0 fully saturated rings. The van der Waals surface area contributed by atoms with Gasteiger partial charge in [-0.3, -0.25) is 19.3 Å². The predicted molar refractivity (Wildman–Crippen MR) is 131 cm³/mol. The fraction of sp³-hybridized carbons (Fsp3) is 0.192. The minimum absolute atomic E-state index is 0.0817. The van der Waals surface area contributed by atoms with Crippen LogP contribution in [0, 0.1) is 12.7 Å². The number of aliphatic hydroxyl groups excluding tert-OH is 1. The van der Waals surface area contributed by atoms with Crippen molar-refractivity contribution in [3.05, 3.63) is 93.2 Å². The van der Waals surface area contributed by atoms with E-state index in [4.69, 9.17) is 5.73 Å². The van der Waals surface area contributed by atoms with Crippen molar-refractivity contribution < 1.29 is 29.0 Å². The predicted octanol–water partition coefficient (Wildman–Crippen LogP) is 1.94. The number of carbonyl (C=O) groups excluding carboxylic acids is 2. The van der Waals surface area contributed by atoms with Crippen LogP contribution in [0.4, 0.5) is 10.1 Å². The molecule has 0 aliphatic carbocycles. The van der Waals surface area contributed by atoms with Crippen molar-refractivity contribution in [2.75, 3.05) is 11.5 Å². The lowest BCUT2D eigenvalue weighted by atomic mass is 9.85. The number of nitrogens with zero attached hydrogens (tertiary/aromatic N) is 3. The maximum absolute atomic E-state index is 13.4. The number of carboxylic acid groups (broad SMARTS) is 1. The second-order valence-corrected chi connectivity index (χ2v) is 8.51. The average molecular weight is 506 g/mol. The Balaban J connectivity index is 1.91. The molecular formula is C26H23FN4O6. The van der Waals surface area contributed by atoms with E-state index in [0.29, 0.717) is 11.1 Å². The van der Waals surface area contributed by atoms with Crippen LogP contribution in [0.15, 0.2) is 65.1 Å². The van der Waals surface area contributed by atoms with Crippen LogP contribution < -0.4 is 16.2 Å². The number of aliphatic carboxylic acids is 1. The first-order valence-corrected chi connectivity index (χ1v) is 11.3. The van der Waals surface area contributed by atoms with Gasteiger partial charge in [-0.25, -0.2) is 13.9 Å². The molecule has 0 radical (unpaired) electrons. The molecule has 1 aromatic heterocycles. The molecule has 2 amide bonds. The van der Waals surface area contributed by atoms with Gasteiger partial charge in [0, 0.05) is 35.7 Å². The summed E-state index contributed by atoms with van der Waals surface area (Å²) in [7, 11) is 0. The minimum atomic E-state index is -1.26. The van der Waals surface area contributed by atoms with Crippen molar-refractivity contribution in [3.63, 3.8) is 0 Å². The van der Waals surface area contributed by atoms with E-state index in [9.17, 15) is 33.8 Å². The van der Waals surface area contributed by atoms with Gasteiger partial charge in [0.25, 0.3) is 5.56 Å². The van der Waals surface area contributed by atoms with Crippen molar-refractivity contribution in [2.24, 2.45) is 5.73 Å². The van der Waals surface area contributed by atoms with E-state index in [1.807, 2.05) is 0 Å². The molecular weight excluding hydrogens is 483 g/mol. The van der Waals surface area contributed by atoms with Gasteiger partial charge in [-0.05, 0) is 48.4 Å². The first kappa shape index (κ1) is 25.5. The third-order valence-corrected chi connectivity index (χ3v) is 6.13. The number of halogens is 1. The first-order chi connectivity index (χ1) is 17.6. The lowest BCUT2D eigenvalue weighted by Crippen LogP contribution is -2.35. The zero-order valence-electron chi connectivity index (χ0n) is 19.7. The molecule has 2 heterocycles. The van der Waals surface area contributed by atoms with Crippen LogP contribution >= 0.6 is 0 Å². The number of aliphatic hydroxyl groups is 1. The number of amides is 2. The van der Waals surface area contributed by atoms with E-state index in [0.717, 1.165) is 4.68 Å². The SMILES string of the molecule is Cc1cc(N2C=C(C(=O)O)[C@H](c3ccc(F)cc3)CC2=O)c(-c2ccc(=O)n(CCO)n2)cc1C(N)=O. The normalized spacial score (nSPS) is 15.4. The number of nitrogens with two attached hydrogens (primary N) is 1. The standard InChI is InChI=1S/C26H23FN4O6/c1-14-10-22(19(11-17(14)25(28)35)21-6-7-23(33)31(29-21)8-9-32)30-13-20(26(36)37)18(12-24(30)34)15-2-4-16(27)5-3-15/h2-7,10-11,13,18,32H,8-9,12H2,1H3,(H2,28,35)(H,36,37)/t18-/m0/s1. The largest absolute Gasteiger partial charge is 0.478 e. The minimum Gasteiger partial charge on any atom is -0.478 e. The molecule has 2 aromatic carbocycles. The third-order valence-electron chi connectivity index (χ3n) is 6.13. The van der Waals surface area contributed by atoms with Crippen molar-refractivity contribution in [3.8, 4) is 11.3 Å². The molecule has 1 aliphatic rings. The number of anilines is 1. The monoisotopic (exact) mass is 506 g/mol. The average Bonchev–Trinajstić information content (AvgIpc) is 2.85. The van der Waals surface area contributed by atoms with Gasteiger partial charge in [-0.1, -0.05) is 12.1 Å². The maximum Gasteiger partial charge on any atom is 0.333 e. The summed E-state index contributed by atoms with van der Waals surface area (Å²) < 4.78 is 14.5. The summed E-state index contributed by atoms with van der Waals surface area (Å²) in [5.74, 6) is -3.72. The zero-order chi connectivity index (χ0) is 26.9. The highest BCUT2D eigenvalue weighted by molar-refractivity contribution is 6.06. The van der Waals surface area contributed by atoms with E-state index in [-0.39, 0.29) is 47.7 Å². The second kappa shape index (κ2) is 10.2. The Bertz CT molecular complexity index is 1500. The summed E-state index contributed by atoms with van der Waals surface area (Å²) in [5.41, 5.74) is 6.71. The van der Waals surface area contributed by atoms with E-state index in [1.54, 1.807) is 6.92 Å². The molecule has 4 N–H and O–H groups in total. The molecule has 190 valence electrons. The number of benzene rings is 2. The molecule has 0 saturated carbocycles. The molecule has 1 atom stereocenters. The Morgan fingerprint density at radius 1 is 1.14 bits per heavy atom. The van der Waals surface area contributed by atoms with Crippen LogP contribution in [0.25, 0.3) is 11.3 Å². The van der Waals surface area contributed by atoms with E-state index in [1.165, 1.54) is 59.6 Å². The van der Waals surface area contributed by atoms with Gasteiger partial charge >= 0.3 is 5.97 Å². The van der Waals surface area contributed by atoms with Crippen molar-refractivity contribution in [1.29, 1.82) is 0 Å². The van der Waals surface area contributed by atoms with Gasteiger partial charge in [0.05, 0.1) is 30.1 Å². The summed E-state index contributed by atoms with van der Waals surface area (Å²) in [6, 6.07) is 10.8. The topological polar surface area (TPSA) is 156 Å². The zero-order valence-corrected chi connectivity index (χ0v) is 19.7. The van der Waals surface area contributed by atoms with Crippen LogP contribution in [-0.2, 0) is 16.1 Å². The smallest absolute Gasteiger partial charge is 0.333 e. The number of aromatic nitrogens is 2. The number of hydrogen-bond donors (Lipinski definition) is 3. The van der Waals surface area contributed by atoms with Crippen LogP contribution in [-0.4, -0.2) is 44.4 Å². The Labute approximate surface area is 210 Å². The van der Waals surface area contributed by atoms with Crippen molar-refractivity contribution in [2.45, 2.75) is 25.8 Å². The second-order valence-electron chi connectivity index (χ2n) is 8.51. The Morgan fingerprint density at radius 3 is 2.46 bits per heavy atom. The maximum atomic E-state index is 13.4. The summed E-state index contributed by atoms with van der Waals surface area (Å²) in [6.45, 7) is 1.19. The number of carbonyl (C=O) groups is 3. The number of hydrogen-bond acceptors (Lipinski definition) is 6. The molecule has 4 rings (SSSR count). The van der Waals surface area contributed by atoms with Crippen molar-refractivity contribution >= 4 is 23.5 Å². The van der Waals surface area contributed by atoms with Crippen molar-refractivity contribution in [1.82, 2.24) is 9.78 Å². The molecule has 37 heavy (non-hydrogen) atoms. The Kier molecular flexibility index (Phi) is 6.98. The van der Waals surface area contributed by atoms with Crippen LogP contribution in [0.1, 0.15) is 33.8 Å². The highest BCUT2D eigenvalue weighted by atomic mass is 19.1. The summed E-state index contributed by atoms with van der Waals surface area (Å²) in [5, 5.41) is 23.5. The molecule has 1 aliphatic heterocycles. The molecule has 10 nitrogen and oxygen atoms in total. The van der Waals surface area contributed by atoms with Gasteiger partial charge in [0.1, 0.15) is 5.82 Å². The van der Waals surface area contributed by atoms with E-state index >= 15 is 0 Å². The number of aryl methyl sites for hydroxylation is 1. The van der Waals surface area contributed by atoms with Gasteiger partial charge in [0.15, 0.2) is 0 Å². The fourth-order valence-corrected chi connectivity index (χ4v) is 4.29. The molecule has 0 spiro atoms. The highest BCUT2D eigenvalue weighted by Crippen LogP contribution is 2.39. The van der Waals surface area contributed by atoms with Crippen LogP contribution in [0.3, 0.4) is 0 Å². The number of carboxylic acids is 1. The lowest BCUT2D eigenvalue weighted by molar-refractivity contribution is -0.133. The Hall–Kier alpha value is -4.64. The lowest BCUT2D eigenvalue weighted by Gasteiger charge is -2.31. The third kappa shape index (κ3) is 5.02. The van der Waals surface area contributed by atoms with Crippen LogP contribution in [0.2, 0.25) is 0 Å². The molecule has 3 aromatic rings. The molecule has 11 heteroatoms. The summed E-state index contributed by atoms with van der Waals surface area (Å²) in [4.78, 5) is 50.9. The first-order valence-electron chi connectivity index (χ1n) is 11.3. The van der Waals surface area contributed by atoms with Gasteiger partial charge in [-0.15, -0.1) is 0 Å². The van der Waals surface area contributed by atoms with Gasteiger partial charge < -0.3 is 15.9 Å². The molecule has 0 unspecified atom stereocenters. The molecule has 0 saturated heterocycles. The van der Waals surface area contributed by atoms with E-state index < -0.39 is 35.1 Å².